The van der Waals surface area contributed by atoms with Gasteiger partial charge < -0.3 is 24.8 Å². The van der Waals surface area contributed by atoms with E-state index in [1.165, 1.54) is 0 Å². The van der Waals surface area contributed by atoms with Gasteiger partial charge in [0.2, 0.25) is 6.10 Å². The average Bonchev–Trinajstić information content (AvgIpc) is 2.79. The maximum absolute atomic E-state index is 12.5. The SMILES string of the molecule is COc1ccc(NC(=O)c2ccc(NC(=O)C3COc4ccccc4O3)cc2)cc1. The second-order valence-corrected chi connectivity index (χ2v) is 6.61. The van der Waals surface area contributed by atoms with Gasteiger partial charge in [0.1, 0.15) is 12.4 Å². The van der Waals surface area contributed by atoms with Crippen LogP contribution in [0.1, 0.15) is 10.4 Å². The van der Waals surface area contributed by atoms with Crippen LogP contribution in [0.15, 0.2) is 72.8 Å². The van der Waals surface area contributed by atoms with Gasteiger partial charge in [0.05, 0.1) is 7.11 Å². The number of carbonyl (C=O) groups is 2. The van der Waals surface area contributed by atoms with Gasteiger partial charge in [0.25, 0.3) is 11.8 Å². The summed E-state index contributed by atoms with van der Waals surface area (Å²) in [5.74, 6) is 1.30. The van der Waals surface area contributed by atoms with E-state index in [0.717, 1.165) is 0 Å². The van der Waals surface area contributed by atoms with Crippen molar-refractivity contribution in [3.8, 4) is 17.2 Å². The lowest BCUT2D eigenvalue weighted by Gasteiger charge is -2.25. The first-order valence-corrected chi connectivity index (χ1v) is 9.37. The van der Waals surface area contributed by atoms with Crippen molar-refractivity contribution in [1.29, 1.82) is 0 Å². The summed E-state index contributed by atoms with van der Waals surface area (Å²) in [6.07, 6.45) is -0.752. The highest BCUT2D eigenvalue weighted by molar-refractivity contribution is 6.04. The largest absolute Gasteiger partial charge is 0.497 e. The molecule has 30 heavy (non-hydrogen) atoms. The lowest BCUT2D eigenvalue weighted by molar-refractivity contribution is -0.125. The van der Waals surface area contributed by atoms with Crippen molar-refractivity contribution in [2.24, 2.45) is 0 Å². The number of hydrogen-bond acceptors (Lipinski definition) is 5. The third-order valence-electron chi connectivity index (χ3n) is 4.56. The minimum absolute atomic E-state index is 0.130. The highest BCUT2D eigenvalue weighted by Gasteiger charge is 2.27. The molecule has 0 bridgehead atoms. The number of rotatable bonds is 5. The third kappa shape index (κ3) is 4.35. The van der Waals surface area contributed by atoms with Gasteiger partial charge >= 0.3 is 0 Å². The number of amides is 2. The van der Waals surface area contributed by atoms with E-state index in [0.29, 0.717) is 34.2 Å². The molecule has 0 saturated heterocycles. The number of anilines is 2. The van der Waals surface area contributed by atoms with E-state index in [1.807, 2.05) is 12.1 Å². The van der Waals surface area contributed by atoms with Crippen molar-refractivity contribution in [2.75, 3.05) is 24.4 Å². The Morgan fingerprint density at radius 1 is 0.867 bits per heavy atom. The van der Waals surface area contributed by atoms with E-state index in [2.05, 4.69) is 10.6 Å². The Hall–Kier alpha value is -4.00. The van der Waals surface area contributed by atoms with Gasteiger partial charge in [0.15, 0.2) is 11.5 Å². The Morgan fingerprint density at radius 2 is 1.50 bits per heavy atom. The summed E-state index contributed by atoms with van der Waals surface area (Å²) in [5.41, 5.74) is 1.69. The molecule has 2 amide bonds. The molecule has 0 spiro atoms. The van der Waals surface area contributed by atoms with E-state index in [-0.39, 0.29) is 18.4 Å². The normalized spacial score (nSPS) is 14.5. The van der Waals surface area contributed by atoms with Crippen LogP contribution >= 0.6 is 0 Å². The summed E-state index contributed by atoms with van der Waals surface area (Å²) < 4.78 is 16.4. The fourth-order valence-corrected chi connectivity index (χ4v) is 2.95. The first-order chi connectivity index (χ1) is 14.6. The summed E-state index contributed by atoms with van der Waals surface area (Å²) in [4.78, 5) is 24.9. The average molecular weight is 404 g/mol. The molecule has 0 aliphatic carbocycles. The van der Waals surface area contributed by atoms with Crippen molar-refractivity contribution in [2.45, 2.75) is 6.10 Å². The van der Waals surface area contributed by atoms with Gasteiger partial charge in [0, 0.05) is 16.9 Å². The van der Waals surface area contributed by atoms with Gasteiger partial charge in [-0.05, 0) is 60.7 Å². The topological polar surface area (TPSA) is 85.9 Å². The van der Waals surface area contributed by atoms with Crippen molar-refractivity contribution in [1.82, 2.24) is 0 Å². The summed E-state index contributed by atoms with van der Waals surface area (Å²) >= 11 is 0. The van der Waals surface area contributed by atoms with Gasteiger partial charge in [-0.25, -0.2) is 0 Å². The summed E-state index contributed by atoms with van der Waals surface area (Å²) in [5, 5.41) is 5.59. The Morgan fingerprint density at radius 3 is 2.20 bits per heavy atom. The molecule has 1 aliphatic rings. The lowest BCUT2D eigenvalue weighted by atomic mass is 10.1. The van der Waals surface area contributed by atoms with E-state index in [1.54, 1.807) is 67.8 Å². The van der Waals surface area contributed by atoms with Crippen LogP contribution in [0.5, 0.6) is 17.2 Å². The van der Waals surface area contributed by atoms with Crippen molar-refractivity contribution >= 4 is 23.2 Å². The molecule has 3 aromatic rings. The molecule has 2 N–H and O–H groups in total. The highest BCUT2D eigenvalue weighted by Crippen LogP contribution is 2.31. The first kappa shape index (κ1) is 19.3. The molecule has 0 fully saturated rings. The predicted molar refractivity (Wildman–Crippen MR) is 112 cm³/mol. The molecule has 7 heteroatoms. The quantitative estimate of drug-likeness (QED) is 0.677. The fraction of sp³-hybridized carbons (Fsp3) is 0.130. The van der Waals surface area contributed by atoms with Gasteiger partial charge in [-0.15, -0.1) is 0 Å². The van der Waals surface area contributed by atoms with E-state index < -0.39 is 6.10 Å². The first-order valence-electron chi connectivity index (χ1n) is 9.37. The van der Waals surface area contributed by atoms with E-state index >= 15 is 0 Å². The van der Waals surface area contributed by atoms with Crippen LogP contribution in [-0.2, 0) is 4.79 Å². The van der Waals surface area contributed by atoms with Crippen LogP contribution in [0.4, 0.5) is 11.4 Å². The van der Waals surface area contributed by atoms with Crippen LogP contribution in [-0.4, -0.2) is 31.6 Å². The highest BCUT2D eigenvalue weighted by atomic mass is 16.6. The van der Waals surface area contributed by atoms with E-state index in [9.17, 15) is 9.59 Å². The van der Waals surface area contributed by atoms with Gasteiger partial charge in [-0.3, -0.25) is 9.59 Å². The molecule has 152 valence electrons. The number of benzene rings is 3. The summed E-state index contributed by atoms with van der Waals surface area (Å²) in [7, 11) is 1.58. The summed E-state index contributed by atoms with van der Waals surface area (Å²) in [6.45, 7) is 0.130. The molecule has 0 aromatic heterocycles. The Balaban J connectivity index is 1.35. The Bertz CT molecular complexity index is 1050. The minimum Gasteiger partial charge on any atom is -0.497 e. The van der Waals surface area contributed by atoms with Crippen LogP contribution in [0.25, 0.3) is 0 Å². The molecule has 1 unspecified atom stereocenters. The second kappa shape index (κ2) is 8.57. The zero-order chi connectivity index (χ0) is 20.9. The maximum atomic E-state index is 12.5. The predicted octanol–water partition coefficient (Wildman–Crippen LogP) is 3.73. The number of carbonyl (C=O) groups excluding carboxylic acids is 2. The molecule has 1 aliphatic heterocycles. The van der Waals surface area contributed by atoms with Gasteiger partial charge in [-0.2, -0.15) is 0 Å². The lowest BCUT2D eigenvalue weighted by Crippen LogP contribution is -2.40. The van der Waals surface area contributed by atoms with Crippen molar-refractivity contribution < 1.29 is 23.8 Å². The number of fused-ring (bicyclic) bond motifs is 1. The van der Waals surface area contributed by atoms with E-state index in [4.69, 9.17) is 14.2 Å². The molecule has 1 heterocycles. The van der Waals surface area contributed by atoms with Crippen LogP contribution in [0.3, 0.4) is 0 Å². The molecule has 0 radical (unpaired) electrons. The Kier molecular flexibility index (Phi) is 5.52. The third-order valence-corrected chi connectivity index (χ3v) is 4.56. The maximum Gasteiger partial charge on any atom is 0.269 e. The number of ether oxygens (including phenoxy) is 3. The minimum atomic E-state index is -0.752. The second-order valence-electron chi connectivity index (χ2n) is 6.61. The molecule has 4 rings (SSSR count). The monoisotopic (exact) mass is 404 g/mol. The molecule has 1 atom stereocenters. The molecular weight excluding hydrogens is 384 g/mol. The molecular formula is C23H20N2O5. The zero-order valence-corrected chi connectivity index (χ0v) is 16.3. The zero-order valence-electron chi connectivity index (χ0n) is 16.3. The standard InChI is InChI=1S/C23H20N2O5/c1-28-18-12-10-17(11-13-18)24-22(26)15-6-8-16(9-7-15)25-23(27)21-14-29-19-4-2-3-5-20(19)30-21/h2-13,21H,14H2,1H3,(H,24,26)(H,25,27). The smallest absolute Gasteiger partial charge is 0.269 e. The van der Waals surface area contributed by atoms with Crippen LogP contribution < -0.4 is 24.8 Å². The molecule has 7 nitrogen and oxygen atoms in total. The molecule has 3 aromatic carbocycles. The Labute approximate surface area is 173 Å². The van der Waals surface area contributed by atoms with Crippen molar-refractivity contribution in [3.05, 3.63) is 78.4 Å². The fourth-order valence-electron chi connectivity index (χ4n) is 2.95. The van der Waals surface area contributed by atoms with Crippen molar-refractivity contribution in [3.63, 3.8) is 0 Å². The van der Waals surface area contributed by atoms with Gasteiger partial charge in [-0.1, -0.05) is 12.1 Å². The van der Waals surface area contributed by atoms with Crippen LogP contribution in [0, 0.1) is 0 Å². The molecule has 0 saturated carbocycles. The number of para-hydroxylation sites is 2. The number of hydrogen-bond donors (Lipinski definition) is 2. The summed E-state index contributed by atoms with van der Waals surface area (Å²) in [6, 6.07) is 20.9. The number of nitrogens with one attached hydrogen (secondary N) is 2. The van der Waals surface area contributed by atoms with Crippen LogP contribution in [0.2, 0.25) is 0 Å². The number of methoxy groups -OCH3 is 1.